The maximum atomic E-state index is 13.0. The van der Waals surface area contributed by atoms with E-state index in [-0.39, 0.29) is 18.0 Å². The van der Waals surface area contributed by atoms with E-state index < -0.39 is 11.9 Å². The highest BCUT2D eigenvalue weighted by Crippen LogP contribution is 2.25. The standard InChI is InChI=1S/C22H30N4O4/c1-24-12-10-16(11-13-24)30-14-4-6-15-5-3-7-17-20(15)25(2)22(29)26(17)18-8-9-19(27)23-21(18)28/h3,5,7,16,18H,4,6,8-14H2,1-2H3,(H,23,27,28). The van der Waals surface area contributed by atoms with Crippen molar-refractivity contribution in [2.75, 3.05) is 26.7 Å². The van der Waals surface area contributed by atoms with E-state index in [1.54, 1.807) is 11.6 Å². The molecule has 0 bridgehead atoms. The molecular formula is C22H30N4O4. The van der Waals surface area contributed by atoms with Gasteiger partial charge in [0.1, 0.15) is 6.04 Å². The molecule has 0 aliphatic carbocycles. The summed E-state index contributed by atoms with van der Waals surface area (Å²) < 4.78 is 9.21. The number of carbonyl (C=O) groups excluding carboxylic acids is 2. The molecule has 2 aliphatic heterocycles. The van der Waals surface area contributed by atoms with E-state index in [4.69, 9.17) is 4.74 Å². The van der Waals surface area contributed by atoms with E-state index in [1.165, 1.54) is 4.57 Å². The molecule has 2 aliphatic rings. The molecule has 0 saturated carbocycles. The summed E-state index contributed by atoms with van der Waals surface area (Å²) in [6.07, 6.45) is 4.77. The topological polar surface area (TPSA) is 85.6 Å². The van der Waals surface area contributed by atoms with Crippen LogP contribution in [-0.4, -0.2) is 58.7 Å². The Balaban J connectivity index is 1.49. The number of nitrogens with zero attached hydrogens (tertiary/aromatic N) is 3. The number of nitrogens with one attached hydrogen (secondary N) is 1. The summed E-state index contributed by atoms with van der Waals surface area (Å²) in [5.41, 5.74) is 2.44. The fourth-order valence-electron chi connectivity index (χ4n) is 4.62. The molecule has 3 heterocycles. The largest absolute Gasteiger partial charge is 0.378 e. The van der Waals surface area contributed by atoms with Crippen LogP contribution in [0.4, 0.5) is 0 Å². The Morgan fingerprint density at radius 1 is 1.10 bits per heavy atom. The van der Waals surface area contributed by atoms with Crippen molar-refractivity contribution in [2.45, 2.75) is 50.7 Å². The number of carbonyl (C=O) groups is 2. The van der Waals surface area contributed by atoms with Gasteiger partial charge in [-0.25, -0.2) is 4.79 Å². The van der Waals surface area contributed by atoms with E-state index in [0.29, 0.717) is 19.1 Å². The van der Waals surface area contributed by atoms with Crippen molar-refractivity contribution in [1.29, 1.82) is 0 Å². The zero-order valence-electron chi connectivity index (χ0n) is 17.7. The van der Waals surface area contributed by atoms with Crippen molar-refractivity contribution in [3.8, 4) is 0 Å². The first-order chi connectivity index (χ1) is 14.5. The number of hydrogen-bond acceptors (Lipinski definition) is 5. The third kappa shape index (κ3) is 4.06. The van der Waals surface area contributed by atoms with Gasteiger partial charge in [0.15, 0.2) is 0 Å². The maximum Gasteiger partial charge on any atom is 0.329 e. The monoisotopic (exact) mass is 414 g/mol. The quantitative estimate of drug-likeness (QED) is 0.570. The van der Waals surface area contributed by atoms with Crippen molar-refractivity contribution in [3.05, 3.63) is 34.2 Å². The van der Waals surface area contributed by atoms with Crippen molar-refractivity contribution >= 4 is 22.8 Å². The summed E-state index contributed by atoms with van der Waals surface area (Å²) in [5.74, 6) is -0.687. The van der Waals surface area contributed by atoms with Crippen LogP contribution in [0, 0.1) is 0 Å². The fraction of sp³-hybridized carbons (Fsp3) is 0.591. The summed E-state index contributed by atoms with van der Waals surface area (Å²) in [4.78, 5) is 39.1. The highest BCUT2D eigenvalue weighted by molar-refractivity contribution is 6.00. The Hall–Kier alpha value is -2.45. The molecule has 1 atom stereocenters. The maximum absolute atomic E-state index is 13.0. The number of benzene rings is 1. The van der Waals surface area contributed by atoms with Crippen LogP contribution in [0.15, 0.2) is 23.0 Å². The minimum atomic E-state index is -0.651. The molecule has 4 rings (SSSR count). The zero-order chi connectivity index (χ0) is 21.3. The summed E-state index contributed by atoms with van der Waals surface area (Å²) in [5, 5.41) is 2.35. The first-order valence-electron chi connectivity index (χ1n) is 10.8. The summed E-state index contributed by atoms with van der Waals surface area (Å²) in [6.45, 7) is 2.87. The average Bonchev–Trinajstić information content (AvgIpc) is 2.98. The van der Waals surface area contributed by atoms with Gasteiger partial charge in [-0.15, -0.1) is 0 Å². The normalized spacial score (nSPS) is 21.3. The highest BCUT2D eigenvalue weighted by atomic mass is 16.5. The first kappa shape index (κ1) is 20.8. The molecule has 8 heteroatoms. The number of aromatic nitrogens is 2. The van der Waals surface area contributed by atoms with Crippen LogP contribution < -0.4 is 11.0 Å². The average molecular weight is 415 g/mol. The van der Waals surface area contributed by atoms with Gasteiger partial charge >= 0.3 is 5.69 Å². The van der Waals surface area contributed by atoms with Crippen LogP contribution in [-0.2, 0) is 27.8 Å². The molecule has 8 nitrogen and oxygen atoms in total. The Morgan fingerprint density at radius 3 is 2.60 bits per heavy atom. The molecular weight excluding hydrogens is 384 g/mol. The predicted molar refractivity (Wildman–Crippen MR) is 113 cm³/mol. The fourth-order valence-corrected chi connectivity index (χ4v) is 4.62. The SMILES string of the molecule is CN1CCC(OCCCc2cccc3c2n(C)c(=O)n3C2CCC(=O)NC2=O)CC1. The number of amides is 2. The lowest BCUT2D eigenvalue weighted by Gasteiger charge is -2.28. The van der Waals surface area contributed by atoms with E-state index in [9.17, 15) is 14.4 Å². The van der Waals surface area contributed by atoms with Crippen LogP contribution in [0.25, 0.3) is 11.0 Å². The number of ether oxygens (including phenoxy) is 1. The summed E-state index contributed by atoms with van der Waals surface area (Å²) in [7, 11) is 3.88. The van der Waals surface area contributed by atoms with Crippen LogP contribution in [0.3, 0.4) is 0 Å². The van der Waals surface area contributed by atoms with Crippen LogP contribution in [0.2, 0.25) is 0 Å². The van der Waals surface area contributed by atoms with Crippen molar-refractivity contribution in [2.24, 2.45) is 7.05 Å². The second-order valence-corrected chi connectivity index (χ2v) is 8.44. The van der Waals surface area contributed by atoms with Gasteiger partial charge < -0.3 is 9.64 Å². The number of para-hydroxylation sites is 1. The zero-order valence-corrected chi connectivity index (χ0v) is 17.7. The molecule has 0 radical (unpaired) electrons. The number of rotatable bonds is 6. The molecule has 2 aromatic rings. The Kier molecular flexibility index (Phi) is 6.06. The lowest BCUT2D eigenvalue weighted by molar-refractivity contribution is -0.135. The smallest absolute Gasteiger partial charge is 0.329 e. The number of piperidine rings is 2. The number of aryl methyl sites for hydroxylation is 2. The van der Waals surface area contributed by atoms with Crippen LogP contribution in [0.5, 0.6) is 0 Å². The summed E-state index contributed by atoms with van der Waals surface area (Å²) in [6, 6.07) is 5.18. The molecule has 162 valence electrons. The second kappa shape index (κ2) is 8.73. The molecule has 30 heavy (non-hydrogen) atoms. The molecule has 0 spiro atoms. The van der Waals surface area contributed by atoms with Gasteiger partial charge in [0, 0.05) is 33.2 Å². The summed E-state index contributed by atoms with van der Waals surface area (Å²) >= 11 is 0. The third-order valence-electron chi connectivity index (χ3n) is 6.32. The lowest BCUT2D eigenvalue weighted by atomic mass is 10.0. The van der Waals surface area contributed by atoms with Gasteiger partial charge in [-0.3, -0.25) is 24.0 Å². The number of fused-ring (bicyclic) bond motifs is 1. The molecule has 2 amide bonds. The molecule has 1 N–H and O–H groups in total. The molecule has 1 unspecified atom stereocenters. The lowest BCUT2D eigenvalue weighted by Crippen LogP contribution is -2.44. The minimum absolute atomic E-state index is 0.227. The van der Waals surface area contributed by atoms with Gasteiger partial charge in [-0.05, 0) is 50.8 Å². The number of hydrogen-bond donors (Lipinski definition) is 1. The van der Waals surface area contributed by atoms with E-state index in [1.807, 2.05) is 18.2 Å². The van der Waals surface area contributed by atoms with Gasteiger partial charge in [0.05, 0.1) is 17.1 Å². The molecule has 1 aromatic carbocycles. The predicted octanol–water partition coefficient (Wildman–Crippen LogP) is 1.36. The van der Waals surface area contributed by atoms with E-state index >= 15 is 0 Å². The molecule has 2 fully saturated rings. The molecule has 2 saturated heterocycles. The van der Waals surface area contributed by atoms with Crippen LogP contribution in [0.1, 0.15) is 43.7 Å². The van der Waals surface area contributed by atoms with E-state index in [2.05, 4.69) is 17.3 Å². The second-order valence-electron chi connectivity index (χ2n) is 8.44. The number of likely N-dealkylation sites (tertiary alicyclic amines) is 1. The van der Waals surface area contributed by atoms with Gasteiger partial charge in [0.25, 0.3) is 0 Å². The number of imidazole rings is 1. The number of imide groups is 1. The van der Waals surface area contributed by atoms with Crippen molar-refractivity contribution < 1.29 is 14.3 Å². The Morgan fingerprint density at radius 2 is 1.87 bits per heavy atom. The third-order valence-corrected chi connectivity index (χ3v) is 6.32. The van der Waals surface area contributed by atoms with Crippen molar-refractivity contribution in [1.82, 2.24) is 19.4 Å². The van der Waals surface area contributed by atoms with Gasteiger partial charge in [0.2, 0.25) is 11.8 Å². The first-order valence-corrected chi connectivity index (χ1v) is 10.8. The van der Waals surface area contributed by atoms with Gasteiger partial charge in [-0.2, -0.15) is 0 Å². The Bertz CT molecular complexity index is 1000. The Labute approximate surface area is 175 Å². The molecule has 1 aromatic heterocycles. The van der Waals surface area contributed by atoms with Gasteiger partial charge in [-0.1, -0.05) is 12.1 Å². The van der Waals surface area contributed by atoms with Crippen molar-refractivity contribution in [3.63, 3.8) is 0 Å². The highest BCUT2D eigenvalue weighted by Gasteiger charge is 2.31. The van der Waals surface area contributed by atoms with Crippen LogP contribution >= 0.6 is 0 Å². The minimum Gasteiger partial charge on any atom is -0.378 e. The van der Waals surface area contributed by atoms with E-state index in [0.717, 1.165) is 55.4 Å².